The number of benzene rings is 2. The predicted octanol–water partition coefficient (Wildman–Crippen LogP) is 4.93. The molecule has 150 valence electrons. The molecule has 2 N–H and O–H groups in total. The Morgan fingerprint density at radius 3 is 2.45 bits per heavy atom. The van der Waals surface area contributed by atoms with Crippen molar-refractivity contribution in [1.29, 1.82) is 0 Å². The number of hydrogen-bond acceptors (Lipinski definition) is 4. The molecule has 3 aromatic rings. The van der Waals surface area contributed by atoms with E-state index in [2.05, 4.69) is 10.1 Å². The summed E-state index contributed by atoms with van der Waals surface area (Å²) in [6.45, 7) is 0. The molecule has 2 aromatic carbocycles. The number of carbonyl (C=O) groups is 2. The Kier molecular flexibility index (Phi) is 5.55. The molecule has 10 heteroatoms. The third-order valence-corrected chi connectivity index (χ3v) is 4.83. The Balaban J connectivity index is 2.03. The highest BCUT2D eigenvalue weighted by molar-refractivity contribution is 7.15. The van der Waals surface area contributed by atoms with E-state index in [9.17, 15) is 32.3 Å². The van der Waals surface area contributed by atoms with Crippen LogP contribution in [0.3, 0.4) is 0 Å². The molecule has 0 saturated heterocycles. The van der Waals surface area contributed by atoms with Gasteiger partial charge in [0.2, 0.25) is 5.82 Å². The van der Waals surface area contributed by atoms with Crippen LogP contribution in [0, 0.1) is 23.3 Å². The van der Waals surface area contributed by atoms with E-state index in [1.54, 1.807) is 0 Å². The van der Waals surface area contributed by atoms with Crippen LogP contribution in [0.25, 0.3) is 11.1 Å². The average molecular weight is 425 g/mol. The topological polar surface area (TPSA) is 75.6 Å². The minimum absolute atomic E-state index is 0.126. The van der Waals surface area contributed by atoms with Crippen molar-refractivity contribution in [2.75, 3.05) is 12.4 Å². The number of thiophene rings is 1. The quantitative estimate of drug-likeness (QED) is 0.449. The number of methoxy groups -OCH3 is 1. The fourth-order valence-electron chi connectivity index (χ4n) is 2.63. The molecule has 1 aromatic heterocycles. The Morgan fingerprint density at radius 1 is 1.10 bits per heavy atom. The molecule has 1 heterocycles. The first-order valence-electron chi connectivity index (χ1n) is 7.88. The molecule has 0 spiro atoms. The maximum absolute atomic E-state index is 14.3. The van der Waals surface area contributed by atoms with Crippen LogP contribution >= 0.6 is 11.3 Å². The minimum Gasteiger partial charge on any atom is -0.491 e. The number of rotatable bonds is 5. The lowest BCUT2D eigenvalue weighted by atomic mass is 10.0. The fourth-order valence-corrected chi connectivity index (χ4v) is 3.58. The van der Waals surface area contributed by atoms with E-state index in [1.165, 1.54) is 23.6 Å². The number of ether oxygens (including phenoxy) is 1. The van der Waals surface area contributed by atoms with E-state index in [0.717, 1.165) is 24.5 Å². The molecular formula is C19H11F4NO4S. The monoisotopic (exact) mass is 425 g/mol. The first-order chi connectivity index (χ1) is 13.7. The lowest BCUT2D eigenvalue weighted by Gasteiger charge is -2.10. The van der Waals surface area contributed by atoms with Crippen LogP contribution in [0.5, 0.6) is 5.75 Å². The van der Waals surface area contributed by atoms with Gasteiger partial charge in [0.1, 0.15) is 16.4 Å². The van der Waals surface area contributed by atoms with Gasteiger partial charge < -0.3 is 15.2 Å². The molecule has 1 amide bonds. The van der Waals surface area contributed by atoms with Gasteiger partial charge in [-0.2, -0.15) is 4.39 Å². The molecule has 0 aliphatic heterocycles. The van der Waals surface area contributed by atoms with E-state index in [1.807, 2.05) is 0 Å². The zero-order valence-corrected chi connectivity index (χ0v) is 15.4. The molecule has 0 saturated carbocycles. The standard InChI is InChI=1S/C19H11F4NO4S/c1-28-16-14(22)10(6-12(21)15(16)23)17(25)24-18-13(19(26)27)11(7-29-18)8-3-2-4-9(20)5-8/h2-7H,1H3,(H,24,25)(H,26,27). The van der Waals surface area contributed by atoms with Crippen LogP contribution in [0.15, 0.2) is 35.7 Å². The zero-order chi connectivity index (χ0) is 21.3. The van der Waals surface area contributed by atoms with E-state index >= 15 is 0 Å². The smallest absolute Gasteiger partial charge is 0.339 e. The van der Waals surface area contributed by atoms with Crippen molar-refractivity contribution in [2.24, 2.45) is 0 Å². The highest BCUT2D eigenvalue weighted by Gasteiger charge is 2.26. The summed E-state index contributed by atoms with van der Waals surface area (Å²) < 4.78 is 59.4. The van der Waals surface area contributed by atoms with Gasteiger partial charge in [0.15, 0.2) is 17.4 Å². The number of carboxylic acids is 1. The van der Waals surface area contributed by atoms with Gasteiger partial charge >= 0.3 is 5.97 Å². The second-order valence-corrected chi connectivity index (χ2v) is 6.57. The Bertz CT molecular complexity index is 1130. The third-order valence-electron chi connectivity index (χ3n) is 3.93. The SMILES string of the molecule is COc1c(F)c(F)cc(C(=O)Nc2scc(-c3cccc(F)c3)c2C(=O)O)c1F. The van der Waals surface area contributed by atoms with Crippen molar-refractivity contribution in [3.8, 4) is 16.9 Å². The van der Waals surface area contributed by atoms with Crippen LogP contribution in [-0.4, -0.2) is 24.1 Å². The Labute approximate surface area is 165 Å². The minimum atomic E-state index is -1.60. The number of hydrogen-bond donors (Lipinski definition) is 2. The highest BCUT2D eigenvalue weighted by Crippen LogP contribution is 2.36. The predicted molar refractivity (Wildman–Crippen MR) is 97.5 cm³/mol. The molecule has 0 aliphatic rings. The van der Waals surface area contributed by atoms with Crippen LogP contribution in [0.1, 0.15) is 20.7 Å². The summed E-state index contributed by atoms with van der Waals surface area (Å²) in [5, 5.41) is 12.9. The van der Waals surface area contributed by atoms with Gasteiger partial charge in [0.25, 0.3) is 5.91 Å². The maximum Gasteiger partial charge on any atom is 0.339 e. The number of halogens is 4. The lowest BCUT2D eigenvalue weighted by Crippen LogP contribution is -2.16. The number of anilines is 1. The molecule has 0 bridgehead atoms. The first kappa shape index (κ1) is 20.3. The van der Waals surface area contributed by atoms with Crippen molar-refractivity contribution >= 4 is 28.2 Å². The van der Waals surface area contributed by atoms with Crippen LogP contribution in [-0.2, 0) is 0 Å². The van der Waals surface area contributed by atoms with Gasteiger partial charge in [-0.15, -0.1) is 11.3 Å². The number of amides is 1. The normalized spacial score (nSPS) is 10.7. The van der Waals surface area contributed by atoms with Crippen molar-refractivity contribution in [2.45, 2.75) is 0 Å². The summed E-state index contributed by atoms with van der Waals surface area (Å²) in [6.07, 6.45) is 0. The summed E-state index contributed by atoms with van der Waals surface area (Å²) in [7, 11) is 0.899. The largest absolute Gasteiger partial charge is 0.491 e. The lowest BCUT2D eigenvalue weighted by molar-refractivity contribution is 0.0699. The molecule has 0 unspecified atom stereocenters. The summed E-state index contributed by atoms with van der Waals surface area (Å²) in [6, 6.07) is 5.49. The van der Waals surface area contributed by atoms with Gasteiger partial charge in [-0.05, 0) is 23.8 Å². The van der Waals surface area contributed by atoms with Crippen molar-refractivity contribution < 1.29 is 37.0 Å². The van der Waals surface area contributed by atoms with Gasteiger partial charge in [-0.25, -0.2) is 18.0 Å². The summed E-state index contributed by atoms with van der Waals surface area (Å²) in [5.74, 6) is -8.87. The second-order valence-electron chi connectivity index (χ2n) is 5.69. The molecule has 0 fully saturated rings. The van der Waals surface area contributed by atoms with Crippen LogP contribution < -0.4 is 10.1 Å². The molecule has 0 radical (unpaired) electrons. The zero-order valence-electron chi connectivity index (χ0n) is 14.6. The number of carboxylic acid groups (broad SMARTS) is 1. The van der Waals surface area contributed by atoms with Gasteiger partial charge in [-0.3, -0.25) is 4.79 Å². The summed E-state index contributed by atoms with van der Waals surface area (Å²) >= 11 is 0.795. The summed E-state index contributed by atoms with van der Waals surface area (Å²) in [5.41, 5.74) is -0.859. The maximum atomic E-state index is 14.3. The molecular weight excluding hydrogens is 414 g/mol. The number of nitrogens with one attached hydrogen (secondary N) is 1. The molecule has 5 nitrogen and oxygen atoms in total. The number of carbonyl (C=O) groups excluding carboxylic acids is 1. The van der Waals surface area contributed by atoms with Crippen LogP contribution in [0.4, 0.5) is 22.6 Å². The van der Waals surface area contributed by atoms with E-state index in [-0.39, 0.29) is 21.7 Å². The van der Waals surface area contributed by atoms with Gasteiger partial charge in [0, 0.05) is 10.9 Å². The van der Waals surface area contributed by atoms with E-state index in [4.69, 9.17) is 0 Å². The van der Waals surface area contributed by atoms with Gasteiger partial charge in [0.05, 0.1) is 12.7 Å². The fraction of sp³-hybridized carbons (Fsp3) is 0.0526. The highest BCUT2D eigenvalue weighted by atomic mass is 32.1. The van der Waals surface area contributed by atoms with Crippen molar-refractivity contribution in [3.05, 3.63) is 70.1 Å². The molecule has 3 rings (SSSR count). The van der Waals surface area contributed by atoms with Crippen molar-refractivity contribution in [1.82, 2.24) is 0 Å². The summed E-state index contributed by atoms with van der Waals surface area (Å²) in [4.78, 5) is 24.1. The Morgan fingerprint density at radius 2 is 1.83 bits per heavy atom. The average Bonchev–Trinajstić information content (AvgIpc) is 3.09. The molecule has 0 aliphatic carbocycles. The van der Waals surface area contributed by atoms with E-state index < -0.39 is 46.5 Å². The van der Waals surface area contributed by atoms with Crippen molar-refractivity contribution in [3.63, 3.8) is 0 Å². The van der Waals surface area contributed by atoms with Crippen LogP contribution in [0.2, 0.25) is 0 Å². The molecule has 0 atom stereocenters. The third kappa shape index (κ3) is 3.79. The second kappa shape index (κ2) is 7.92. The first-order valence-corrected chi connectivity index (χ1v) is 8.76. The Hall–Kier alpha value is -3.40. The number of aromatic carboxylic acids is 1. The van der Waals surface area contributed by atoms with E-state index in [0.29, 0.717) is 6.07 Å². The molecule has 29 heavy (non-hydrogen) atoms. The van der Waals surface area contributed by atoms with Gasteiger partial charge in [-0.1, -0.05) is 12.1 Å².